The molecule has 7 nitrogen and oxygen atoms in total. The van der Waals surface area contributed by atoms with Crippen molar-refractivity contribution in [3.63, 3.8) is 0 Å². The van der Waals surface area contributed by atoms with Crippen LogP contribution >= 0.6 is 11.6 Å². The van der Waals surface area contributed by atoms with Gasteiger partial charge in [-0.25, -0.2) is 4.68 Å². The molecule has 1 aliphatic heterocycles. The standard InChI is InChI=1S/C15H19ClN4O3/c1-4-19(14(22)10-23-11(2)21)13-9-20(17-15(13)16)12-6-5-7-18(3)8-12/h5-7,9H,4,8,10H2,1-3H3. The fourth-order valence-electron chi connectivity index (χ4n) is 2.21. The van der Waals surface area contributed by atoms with E-state index in [0.717, 1.165) is 5.70 Å². The third-order valence-corrected chi connectivity index (χ3v) is 3.56. The Kier molecular flexibility index (Phi) is 5.44. The van der Waals surface area contributed by atoms with Crippen LogP contribution in [0.2, 0.25) is 5.15 Å². The highest BCUT2D eigenvalue weighted by atomic mass is 35.5. The number of hydrogen-bond donors (Lipinski definition) is 0. The summed E-state index contributed by atoms with van der Waals surface area (Å²) in [5.74, 6) is -0.850. The molecule has 0 aromatic carbocycles. The second kappa shape index (κ2) is 7.32. The fraction of sp³-hybridized carbons (Fsp3) is 0.400. The molecule has 2 heterocycles. The van der Waals surface area contributed by atoms with Gasteiger partial charge in [-0.15, -0.1) is 0 Å². The van der Waals surface area contributed by atoms with E-state index in [1.165, 1.54) is 11.8 Å². The number of anilines is 1. The van der Waals surface area contributed by atoms with Crippen LogP contribution in [0.3, 0.4) is 0 Å². The molecule has 0 unspecified atom stereocenters. The first kappa shape index (κ1) is 17.1. The van der Waals surface area contributed by atoms with E-state index >= 15 is 0 Å². The van der Waals surface area contributed by atoms with Crippen molar-refractivity contribution < 1.29 is 14.3 Å². The lowest BCUT2D eigenvalue weighted by molar-refractivity contribution is -0.145. The number of carbonyl (C=O) groups excluding carboxylic acids is 2. The topological polar surface area (TPSA) is 67.7 Å². The van der Waals surface area contributed by atoms with Crippen molar-refractivity contribution in [3.05, 3.63) is 29.7 Å². The number of nitrogens with zero attached hydrogens (tertiary/aromatic N) is 4. The van der Waals surface area contributed by atoms with Gasteiger partial charge in [-0.05, 0) is 25.3 Å². The number of esters is 1. The van der Waals surface area contributed by atoms with E-state index in [-0.39, 0.29) is 17.7 Å². The van der Waals surface area contributed by atoms with Crippen molar-refractivity contribution in [3.8, 4) is 0 Å². The number of amides is 1. The highest BCUT2D eigenvalue weighted by Crippen LogP contribution is 2.26. The van der Waals surface area contributed by atoms with Gasteiger partial charge in [0.05, 0.1) is 18.4 Å². The predicted octanol–water partition coefficient (Wildman–Crippen LogP) is 1.75. The van der Waals surface area contributed by atoms with Crippen LogP contribution in [-0.4, -0.2) is 53.3 Å². The number of likely N-dealkylation sites (N-methyl/N-ethyl adjacent to an activating group) is 2. The van der Waals surface area contributed by atoms with Gasteiger partial charge in [0.1, 0.15) is 5.69 Å². The average molecular weight is 339 g/mol. The van der Waals surface area contributed by atoms with Crippen molar-refractivity contribution >= 4 is 34.9 Å². The summed E-state index contributed by atoms with van der Waals surface area (Å²) in [6.07, 6.45) is 7.51. The molecule has 1 aromatic heterocycles. The Morgan fingerprint density at radius 3 is 2.83 bits per heavy atom. The van der Waals surface area contributed by atoms with Crippen LogP contribution in [0, 0.1) is 0 Å². The first-order valence-electron chi connectivity index (χ1n) is 7.19. The summed E-state index contributed by atoms with van der Waals surface area (Å²) in [6, 6.07) is 0. The zero-order chi connectivity index (χ0) is 17.0. The van der Waals surface area contributed by atoms with Gasteiger partial charge in [-0.3, -0.25) is 9.59 Å². The Morgan fingerprint density at radius 2 is 2.22 bits per heavy atom. The van der Waals surface area contributed by atoms with Crippen LogP contribution in [0.15, 0.2) is 24.5 Å². The van der Waals surface area contributed by atoms with Gasteiger partial charge in [-0.2, -0.15) is 5.10 Å². The molecule has 0 saturated carbocycles. The molecule has 8 heteroatoms. The summed E-state index contributed by atoms with van der Waals surface area (Å²) in [5, 5.41) is 4.49. The number of halogens is 1. The Labute approximate surface area is 139 Å². The molecule has 124 valence electrons. The molecule has 0 saturated heterocycles. The molecule has 0 fully saturated rings. The SMILES string of the molecule is CCN(C(=O)COC(C)=O)c1cn(C2=CC=CN(C)C2)nc1Cl. The number of allylic oxidation sites excluding steroid dienone is 2. The van der Waals surface area contributed by atoms with E-state index in [1.54, 1.807) is 10.9 Å². The minimum absolute atomic E-state index is 0.223. The summed E-state index contributed by atoms with van der Waals surface area (Å²) < 4.78 is 6.41. The lowest BCUT2D eigenvalue weighted by Crippen LogP contribution is -2.34. The molecular weight excluding hydrogens is 320 g/mol. The highest BCUT2D eigenvalue weighted by molar-refractivity contribution is 6.32. The third kappa shape index (κ3) is 4.13. The van der Waals surface area contributed by atoms with E-state index in [2.05, 4.69) is 5.10 Å². The number of ether oxygens (including phenoxy) is 1. The van der Waals surface area contributed by atoms with Crippen molar-refractivity contribution in [2.75, 3.05) is 31.6 Å². The average Bonchev–Trinajstić information content (AvgIpc) is 2.88. The largest absolute Gasteiger partial charge is 0.456 e. The van der Waals surface area contributed by atoms with E-state index in [0.29, 0.717) is 18.8 Å². The van der Waals surface area contributed by atoms with Crippen LogP contribution in [-0.2, 0) is 14.3 Å². The van der Waals surface area contributed by atoms with E-state index in [4.69, 9.17) is 16.3 Å². The maximum atomic E-state index is 12.2. The Balaban J connectivity index is 2.21. The van der Waals surface area contributed by atoms with Gasteiger partial charge in [0.25, 0.3) is 5.91 Å². The maximum absolute atomic E-state index is 12.2. The quantitative estimate of drug-likeness (QED) is 0.765. The summed E-state index contributed by atoms with van der Waals surface area (Å²) in [7, 11) is 1.95. The molecule has 23 heavy (non-hydrogen) atoms. The first-order valence-corrected chi connectivity index (χ1v) is 7.57. The van der Waals surface area contributed by atoms with Gasteiger partial charge in [-0.1, -0.05) is 11.6 Å². The second-order valence-corrected chi connectivity index (χ2v) is 5.44. The Morgan fingerprint density at radius 1 is 1.48 bits per heavy atom. The van der Waals surface area contributed by atoms with E-state index in [1.807, 2.05) is 37.2 Å². The minimum atomic E-state index is -0.501. The Bertz CT molecular complexity index is 666. The highest BCUT2D eigenvalue weighted by Gasteiger charge is 2.21. The molecule has 1 aromatic rings. The predicted molar refractivity (Wildman–Crippen MR) is 87.9 cm³/mol. The summed E-state index contributed by atoms with van der Waals surface area (Å²) >= 11 is 6.19. The fourth-order valence-corrected chi connectivity index (χ4v) is 2.44. The molecule has 0 atom stereocenters. The molecule has 0 spiro atoms. The maximum Gasteiger partial charge on any atom is 0.303 e. The summed E-state index contributed by atoms with van der Waals surface area (Å²) in [5.41, 5.74) is 1.43. The van der Waals surface area contributed by atoms with Gasteiger partial charge in [0.2, 0.25) is 0 Å². The minimum Gasteiger partial charge on any atom is -0.456 e. The summed E-state index contributed by atoms with van der Waals surface area (Å²) in [4.78, 5) is 26.5. The van der Waals surface area contributed by atoms with Crippen molar-refractivity contribution in [1.29, 1.82) is 0 Å². The zero-order valence-electron chi connectivity index (χ0n) is 13.3. The monoisotopic (exact) mass is 338 g/mol. The smallest absolute Gasteiger partial charge is 0.303 e. The van der Waals surface area contributed by atoms with Crippen molar-refractivity contribution in [2.24, 2.45) is 0 Å². The van der Waals surface area contributed by atoms with Crippen LogP contribution in [0.25, 0.3) is 5.70 Å². The summed E-state index contributed by atoms with van der Waals surface area (Å²) in [6.45, 7) is 3.83. The second-order valence-electron chi connectivity index (χ2n) is 5.08. The number of aromatic nitrogens is 2. The van der Waals surface area contributed by atoms with Gasteiger partial charge >= 0.3 is 5.97 Å². The van der Waals surface area contributed by atoms with Gasteiger partial charge in [0.15, 0.2) is 11.8 Å². The third-order valence-electron chi connectivity index (χ3n) is 3.29. The van der Waals surface area contributed by atoms with Crippen LogP contribution in [0.1, 0.15) is 13.8 Å². The molecule has 0 bridgehead atoms. The Hall–Kier alpha value is -2.28. The molecule has 1 amide bonds. The normalized spacial score (nSPS) is 13.7. The molecule has 1 aliphatic rings. The van der Waals surface area contributed by atoms with Crippen LogP contribution in [0.4, 0.5) is 5.69 Å². The van der Waals surface area contributed by atoms with Crippen LogP contribution < -0.4 is 4.90 Å². The van der Waals surface area contributed by atoms with Crippen molar-refractivity contribution in [2.45, 2.75) is 13.8 Å². The number of hydrogen-bond acceptors (Lipinski definition) is 5. The number of carbonyl (C=O) groups is 2. The first-order chi connectivity index (χ1) is 10.9. The van der Waals surface area contributed by atoms with E-state index < -0.39 is 5.97 Å². The number of rotatable bonds is 5. The molecule has 0 radical (unpaired) electrons. The lowest BCUT2D eigenvalue weighted by atomic mass is 10.3. The zero-order valence-corrected chi connectivity index (χ0v) is 14.1. The van der Waals surface area contributed by atoms with Gasteiger partial charge in [0, 0.05) is 20.5 Å². The van der Waals surface area contributed by atoms with E-state index in [9.17, 15) is 9.59 Å². The molecule has 0 N–H and O–H groups in total. The molecular formula is C15H19ClN4O3. The lowest BCUT2D eigenvalue weighted by Gasteiger charge is -2.20. The van der Waals surface area contributed by atoms with Gasteiger partial charge < -0.3 is 14.5 Å². The molecule has 0 aliphatic carbocycles. The van der Waals surface area contributed by atoms with Crippen LogP contribution in [0.5, 0.6) is 0 Å². The molecule has 2 rings (SSSR count). The van der Waals surface area contributed by atoms with Crippen molar-refractivity contribution in [1.82, 2.24) is 14.7 Å².